The number of hydrogen-bond donors (Lipinski definition) is 4. The number of aliphatic carboxylic acids is 1. The molecular formula is C11H21N3O6. The Labute approximate surface area is 116 Å². The number of carbonyl (C=O) groups is 3. The average Bonchev–Trinajstić information content (AvgIpc) is 2.38. The molecule has 1 atom stereocenters. The van der Waals surface area contributed by atoms with Gasteiger partial charge in [-0.3, -0.25) is 4.79 Å². The quantitative estimate of drug-likeness (QED) is 0.380. The summed E-state index contributed by atoms with van der Waals surface area (Å²) in [7, 11) is 1.46. The number of primary amides is 1. The second-order valence-corrected chi connectivity index (χ2v) is 4.05. The Morgan fingerprint density at radius 2 is 2.00 bits per heavy atom. The van der Waals surface area contributed by atoms with Crippen LogP contribution in [0.4, 0.5) is 4.79 Å². The maximum absolute atomic E-state index is 11.9. The SMILES string of the molecule is COCCN(CCO)C(=O)NC(CCC(N)=O)C(=O)O. The van der Waals surface area contributed by atoms with E-state index in [0.717, 1.165) is 0 Å². The number of rotatable bonds is 10. The van der Waals surface area contributed by atoms with Crippen molar-refractivity contribution in [3.05, 3.63) is 0 Å². The van der Waals surface area contributed by atoms with E-state index in [1.165, 1.54) is 12.0 Å². The topological polar surface area (TPSA) is 142 Å². The van der Waals surface area contributed by atoms with Gasteiger partial charge in [-0.1, -0.05) is 0 Å². The lowest BCUT2D eigenvalue weighted by Gasteiger charge is -2.24. The highest BCUT2D eigenvalue weighted by Gasteiger charge is 2.23. The second kappa shape index (κ2) is 9.98. The number of aliphatic hydroxyl groups excluding tert-OH is 1. The van der Waals surface area contributed by atoms with Gasteiger partial charge in [0.15, 0.2) is 0 Å². The van der Waals surface area contributed by atoms with E-state index in [-0.39, 0.29) is 39.1 Å². The molecule has 1 unspecified atom stereocenters. The van der Waals surface area contributed by atoms with Crippen molar-refractivity contribution in [3.63, 3.8) is 0 Å². The molecule has 0 aromatic rings. The maximum atomic E-state index is 11.9. The number of methoxy groups -OCH3 is 1. The van der Waals surface area contributed by atoms with Gasteiger partial charge < -0.3 is 30.9 Å². The van der Waals surface area contributed by atoms with Crippen molar-refractivity contribution in [2.24, 2.45) is 5.73 Å². The standard InChI is InChI=1S/C11H21N3O6/c1-20-7-5-14(4-6-15)11(19)13-8(10(17)18)2-3-9(12)16/h8,15H,2-7H2,1H3,(H2,12,16)(H,13,19)(H,17,18). The lowest BCUT2D eigenvalue weighted by atomic mass is 10.1. The van der Waals surface area contributed by atoms with Gasteiger partial charge in [0.05, 0.1) is 13.2 Å². The summed E-state index contributed by atoms with van der Waals surface area (Å²) in [4.78, 5) is 34.7. The molecule has 0 saturated heterocycles. The Hall–Kier alpha value is -1.87. The molecule has 9 nitrogen and oxygen atoms in total. The number of carboxylic acids is 1. The van der Waals surface area contributed by atoms with Crippen molar-refractivity contribution in [2.75, 3.05) is 33.4 Å². The zero-order chi connectivity index (χ0) is 15.5. The lowest BCUT2D eigenvalue weighted by molar-refractivity contribution is -0.139. The van der Waals surface area contributed by atoms with Gasteiger partial charge in [-0.2, -0.15) is 0 Å². The summed E-state index contributed by atoms with van der Waals surface area (Å²) in [5, 5.41) is 20.1. The summed E-state index contributed by atoms with van der Waals surface area (Å²) in [5.74, 6) is -1.90. The van der Waals surface area contributed by atoms with Gasteiger partial charge in [0.2, 0.25) is 5.91 Å². The minimum Gasteiger partial charge on any atom is -0.480 e. The molecule has 20 heavy (non-hydrogen) atoms. The van der Waals surface area contributed by atoms with Gasteiger partial charge in [-0.05, 0) is 6.42 Å². The first-order chi connectivity index (χ1) is 9.42. The van der Waals surface area contributed by atoms with Crippen LogP contribution in [0.25, 0.3) is 0 Å². The molecule has 5 N–H and O–H groups in total. The largest absolute Gasteiger partial charge is 0.480 e. The van der Waals surface area contributed by atoms with Crippen LogP contribution in [0.3, 0.4) is 0 Å². The summed E-state index contributed by atoms with van der Waals surface area (Å²) < 4.78 is 4.82. The fourth-order valence-electron chi connectivity index (χ4n) is 1.42. The molecule has 0 aliphatic carbocycles. The van der Waals surface area contributed by atoms with E-state index in [2.05, 4.69) is 5.32 Å². The van der Waals surface area contributed by atoms with Gasteiger partial charge in [0.25, 0.3) is 0 Å². The van der Waals surface area contributed by atoms with Crippen molar-refractivity contribution < 1.29 is 29.3 Å². The number of nitrogens with zero attached hydrogens (tertiary/aromatic N) is 1. The number of amides is 3. The Morgan fingerprint density at radius 1 is 1.35 bits per heavy atom. The highest BCUT2D eigenvalue weighted by atomic mass is 16.5. The predicted molar refractivity (Wildman–Crippen MR) is 68.9 cm³/mol. The molecule has 0 heterocycles. The van der Waals surface area contributed by atoms with E-state index in [0.29, 0.717) is 0 Å². The molecule has 0 rings (SSSR count). The van der Waals surface area contributed by atoms with E-state index in [1.54, 1.807) is 0 Å². The third kappa shape index (κ3) is 7.54. The first-order valence-corrected chi connectivity index (χ1v) is 6.08. The molecule has 0 aromatic heterocycles. The highest BCUT2D eigenvalue weighted by molar-refractivity contribution is 5.83. The number of hydrogen-bond acceptors (Lipinski definition) is 5. The third-order valence-electron chi connectivity index (χ3n) is 2.50. The molecule has 0 spiro atoms. The smallest absolute Gasteiger partial charge is 0.326 e. The maximum Gasteiger partial charge on any atom is 0.326 e. The number of carboxylic acid groups (broad SMARTS) is 1. The van der Waals surface area contributed by atoms with Gasteiger partial charge in [0, 0.05) is 26.6 Å². The summed E-state index contributed by atoms with van der Waals surface area (Å²) in [5.41, 5.74) is 4.94. The lowest BCUT2D eigenvalue weighted by Crippen LogP contribution is -2.49. The van der Waals surface area contributed by atoms with Gasteiger partial charge >= 0.3 is 12.0 Å². The predicted octanol–water partition coefficient (Wildman–Crippen LogP) is -1.64. The average molecular weight is 291 g/mol. The number of urea groups is 1. The van der Waals surface area contributed by atoms with Crippen LogP contribution < -0.4 is 11.1 Å². The van der Waals surface area contributed by atoms with Crippen LogP contribution in [0.2, 0.25) is 0 Å². The molecule has 0 aliphatic heterocycles. The van der Waals surface area contributed by atoms with E-state index in [1.807, 2.05) is 0 Å². The van der Waals surface area contributed by atoms with Crippen LogP contribution in [0.15, 0.2) is 0 Å². The number of aliphatic hydroxyl groups is 1. The Balaban J connectivity index is 4.52. The minimum atomic E-state index is -1.25. The van der Waals surface area contributed by atoms with Crippen molar-refractivity contribution in [1.82, 2.24) is 10.2 Å². The monoisotopic (exact) mass is 291 g/mol. The molecule has 0 bridgehead atoms. The summed E-state index contributed by atoms with van der Waals surface area (Å²) in [6.45, 7) is 0.269. The fourth-order valence-corrected chi connectivity index (χ4v) is 1.42. The Morgan fingerprint density at radius 3 is 2.45 bits per heavy atom. The first-order valence-electron chi connectivity index (χ1n) is 6.08. The fraction of sp³-hybridized carbons (Fsp3) is 0.727. The van der Waals surface area contributed by atoms with Crippen LogP contribution in [-0.2, 0) is 14.3 Å². The summed E-state index contributed by atoms with van der Waals surface area (Å²) in [6, 6.07) is -1.85. The van der Waals surface area contributed by atoms with Crippen LogP contribution in [0.5, 0.6) is 0 Å². The number of ether oxygens (including phenoxy) is 1. The zero-order valence-corrected chi connectivity index (χ0v) is 11.4. The van der Waals surface area contributed by atoms with Gasteiger partial charge in [-0.25, -0.2) is 9.59 Å². The van der Waals surface area contributed by atoms with E-state index >= 15 is 0 Å². The highest BCUT2D eigenvalue weighted by Crippen LogP contribution is 2.00. The Kier molecular flexibility index (Phi) is 9.05. The summed E-state index contributed by atoms with van der Waals surface area (Å²) >= 11 is 0. The van der Waals surface area contributed by atoms with Crippen LogP contribution in [-0.4, -0.2) is 72.5 Å². The van der Waals surface area contributed by atoms with Crippen LogP contribution in [0, 0.1) is 0 Å². The second-order valence-electron chi connectivity index (χ2n) is 4.05. The Bertz CT molecular complexity index is 336. The molecule has 0 aromatic carbocycles. The first kappa shape index (κ1) is 18.1. The van der Waals surface area contributed by atoms with E-state index < -0.39 is 23.9 Å². The summed E-state index contributed by atoms with van der Waals surface area (Å²) in [6.07, 6.45) is -0.233. The van der Waals surface area contributed by atoms with Crippen molar-refractivity contribution in [2.45, 2.75) is 18.9 Å². The normalized spacial score (nSPS) is 11.7. The molecule has 9 heteroatoms. The molecule has 0 saturated carbocycles. The van der Waals surface area contributed by atoms with E-state index in [9.17, 15) is 14.4 Å². The van der Waals surface area contributed by atoms with Crippen molar-refractivity contribution in [3.8, 4) is 0 Å². The van der Waals surface area contributed by atoms with Crippen LogP contribution in [0.1, 0.15) is 12.8 Å². The third-order valence-corrected chi connectivity index (χ3v) is 2.50. The van der Waals surface area contributed by atoms with E-state index in [4.69, 9.17) is 20.7 Å². The van der Waals surface area contributed by atoms with Gasteiger partial charge in [0.1, 0.15) is 6.04 Å². The van der Waals surface area contributed by atoms with Crippen molar-refractivity contribution >= 4 is 17.9 Å². The molecular weight excluding hydrogens is 270 g/mol. The zero-order valence-electron chi connectivity index (χ0n) is 11.4. The van der Waals surface area contributed by atoms with Crippen molar-refractivity contribution in [1.29, 1.82) is 0 Å². The molecule has 0 fully saturated rings. The molecule has 0 aliphatic rings. The van der Waals surface area contributed by atoms with Crippen LogP contribution >= 0.6 is 0 Å². The molecule has 3 amide bonds. The van der Waals surface area contributed by atoms with Gasteiger partial charge in [-0.15, -0.1) is 0 Å². The number of nitrogens with two attached hydrogens (primary N) is 1. The number of carbonyl (C=O) groups excluding carboxylic acids is 2. The number of nitrogens with one attached hydrogen (secondary N) is 1. The molecule has 116 valence electrons. The minimum absolute atomic E-state index is 0.0529. The molecule has 0 radical (unpaired) electrons.